The lowest BCUT2D eigenvalue weighted by molar-refractivity contribution is 0.0830. The van der Waals surface area contributed by atoms with Gasteiger partial charge < -0.3 is 9.30 Å². The van der Waals surface area contributed by atoms with E-state index >= 15 is 0 Å². The number of nitrogens with zero attached hydrogens (tertiary/aromatic N) is 3. The normalized spacial score (nSPS) is 16.0. The number of imidazole rings is 1. The van der Waals surface area contributed by atoms with Gasteiger partial charge in [-0.25, -0.2) is 9.97 Å². The smallest absolute Gasteiger partial charge is 0.160 e. The Balaban J connectivity index is 1.79. The molecule has 3 aromatic rings. The highest BCUT2D eigenvalue weighted by molar-refractivity contribution is 5.71. The monoisotopic (exact) mass is 307 g/mol. The predicted octanol–water partition coefficient (Wildman–Crippen LogP) is 3.68. The number of hydrogen-bond donors (Lipinski definition) is 0. The molecule has 2 aromatic heterocycles. The maximum absolute atomic E-state index is 5.52. The molecule has 0 aliphatic carbocycles. The lowest BCUT2D eigenvalue weighted by Gasteiger charge is -2.22. The molecule has 0 N–H and O–H groups in total. The van der Waals surface area contributed by atoms with Crippen LogP contribution in [0.5, 0.6) is 0 Å². The molecule has 1 aliphatic rings. The highest BCUT2D eigenvalue weighted by atomic mass is 16.5. The minimum atomic E-state index is 0.461. The van der Waals surface area contributed by atoms with Gasteiger partial charge in [-0.2, -0.15) is 0 Å². The SMILES string of the molecule is Cc1cccc(Cn2c(C3CCOCC3)nc3cccnc32)c1. The molecule has 0 bridgehead atoms. The molecule has 118 valence electrons. The summed E-state index contributed by atoms with van der Waals surface area (Å²) < 4.78 is 7.81. The van der Waals surface area contributed by atoms with Gasteiger partial charge in [0.25, 0.3) is 0 Å². The Hall–Kier alpha value is -2.20. The number of pyridine rings is 1. The van der Waals surface area contributed by atoms with E-state index in [0.29, 0.717) is 5.92 Å². The summed E-state index contributed by atoms with van der Waals surface area (Å²) in [6, 6.07) is 12.7. The van der Waals surface area contributed by atoms with E-state index in [1.807, 2.05) is 12.3 Å². The van der Waals surface area contributed by atoms with Crippen molar-refractivity contribution in [1.29, 1.82) is 0 Å². The van der Waals surface area contributed by atoms with Gasteiger partial charge in [-0.1, -0.05) is 29.8 Å². The Morgan fingerprint density at radius 1 is 1.17 bits per heavy atom. The van der Waals surface area contributed by atoms with Gasteiger partial charge in [-0.3, -0.25) is 0 Å². The van der Waals surface area contributed by atoms with Crippen molar-refractivity contribution in [2.75, 3.05) is 13.2 Å². The molecule has 0 unspecified atom stereocenters. The van der Waals surface area contributed by atoms with Crippen LogP contribution in [-0.4, -0.2) is 27.7 Å². The first-order chi connectivity index (χ1) is 11.3. The second-order valence-electron chi connectivity index (χ2n) is 6.28. The summed E-state index contributed by atoms with van der Waals surface area (Å²) in [7, 11) is 0. The molecule has 1 fully saturated rings. The molecule has 1 aromatic carbocycles. The minimum absolute atomic E-state index is 0.461. The molecule has 0 atom stereocenters. The summed E-state index contributed by atoms with van der Waals surface area (Å²) >= 11 is 0. The van der Waals surface area contributed by atoms with E-state index in [2.05, 4.69) is 46.8 Å². The molecule has 0 radical (unpaired) electrons. The number of aryl methyl sites for hydroxylation is 1. The molecule has 0 saturated carbocycles. The number of rotatable bonds is 3. The van der Waals surface area contributed by atoms with Crippen molar-refractivity contribution in [2.24, 2.45) is 0 Å². The van der Waals surface area contributed by atoms with Crippen molar-refractivity contribution in [3.05, 3.63) is 59.5 Å². The van der Waals surface area contributed by atoms with Gasteiger partial charge in [0, 0.05) is 25.3 Å². The van der Waals surface area contributed by atoms with Crippen LogP contribution in [0, 0.1) is 6.92 Å². The molecule has 3 heterocycles. The van der Waals surface area contributed by atoms with Crippen LogP contribution in [0.3, 0.4) is 0 Å². The average molecular weight is 307 g/mol. The van der Waals surface area contributed by atoms with Crippen LogP contribution in [-0.2, 0) is 11.3 Å². The van der Waals surface area contributed by atoms with Crippen molar-refractivity contribution < 1.29 is 4.74 Å². The largest absolute Gasteiger partial charge is 0.381 e. The number of fused-ring (bicyclic) bond motifs is 1. The lowest BCUT2D eigenvalue weighted by atomic mass is 9.99. The van der Waals surface area contributed by atoms with E-state index in [0.717, 1.165) is 49.6 Å². The summed E-state index contributed by atoms with van der Waals surface area (Å²) in [6.07, 6.45) is 3.93. The molecule has 0 amide bonds. The fourth-order valence-electron chi connectivity index (χ4n) is 3.39. The Morgan fingerprint density at radius 3 is 2.87 bits per heavy atom. The zero-order valence-corrected chi connectivity index (χ0v) is 13.4. The average Bonchev–Trinajstić information content (AvgIpc) is 2.95. The fourth-order valence-corrected chi connectivity index (χ4v) is 3.39. The van der Waals surface area contributed by atoms with Crippen molar-refractivity contribution >= 4 is 11.2 Å². The number of hydrogen-bond acceptors (Lipinski definition) is 3. The summed E-state index contributed by atoms with van der Waals surface area (Å²) in [5.74, 6) is 1.62. The van der Waals surface area contributed by atoms with Crippen molar-refractivity contribution in [2.45, 2.75) is 32.2 Å². The highest BCUT2D eigenvalue weighted by Crippen LogP contribution is 2.29. The minimum Gasteiger partial charge on any atom is -0.381 e. The van der Waals surface area contributed by atoms with Gasteiger partial charge in [-0.05, 0) is 37.5 Å². The van der Waals surface area contributed by atoms with Crippen LogP contribution >= 0.6 is 0 Å². The summed E-state index contributed by atoms with van der Waals surface area (Å²) in [5, 5.41) is 0. The maximum atomic E-state index is 5.52. The lowest BCUT2D eigenvalue weighted by Crippen LogP contribution is -2.18. The zero-order chi connectivity index (χ0) is 15.6. The van der Waals surface area contributed by atoms with Gasteiger partial charge in [0.1, 0.15) is 11.3 Å². The third-order valence-electron chi connectivity index (χ3n) is 4.54. The van der Waals surface area contributed by atoms with Crippen LogP contribution in [0.25, 0.3) is 11.2 Å². The summed E-state index contributed by atoms with van der Waals surface area (Å²) in [6.45, 7) is 4.60. The van der Waals surface area contributed by atoms with Crippen molar-refractivity contribution in [3.63, 3.8) is 0 Å². The molecule has 1 saturated heterocycles. The van der Waals surface area contributed by atoms with Crippen molar-refractivity contribution in [1.82, 2.24) is 14.5 Å². The van der Waals surface area contributed by atoms with E-state index in [9.17, 15) is 0 Å². The molecular weight excluding hydrogens is 286 g/mol. The first kappa shape index (κ1) is 14.4. The summed E-state index contributed by atoms with van der Waals surface area (Å²) in [4.78, 5) is 9.48. The van der Waals surface area contributed by atoms with Gasteiger partial charge in [0.05, 0.1) is 6.54 Å². The Labute approximate surface area is 136 Å². The quantitative estimate of drug-likeness (QED) is 0.741. The third-order valence-corrected chi connectivity index (χ3v) is 4.54. The molecule has 4 nitrogen and oxygen atoms in total. The zero-order valence-electron chi connectivity index (χ0n) is 13.4. The number of aromatic nitrogens is 3. The second kappa shape index (κ2) is 6.13. The van der Waals surface area contributed by atoms with Crippen LogP contribution in [0.1, 0.15) is 35.7 Å². The number of benzene rings is 1. The molecule has 4 heteroatoms. The fraction of sp³-hybridized carbons (Fsp3) is 0.368. The molecule has 4 rings (SSSR count). The van der Waals surface area contributed by atoms with Crippen LogP contribution in [0.15, 0.2) is 42.6 Å². The Kier molecular flexibility index (Phi) is 3.83. The van der Waals surface area contributed by atoms with Gasteiger partial charge in [0.2, 0.25) is 0 Å². The highest BCUT2D eigenvalue weighted by Gasteiger charge is 2.23. The van der Waals surface area contributed by atoms with Crippen LogP contribution in [0.2, 0.25) is 0 Å². The molecule has 0 spiro atoms. The number of ether oxygens (including phenoxy) is 1. The maximum Gasteiger partial charge on any atom is 0.160 e. The second-order valence-corrected chi connectivity index (χ2v) is 6.28. The first-order valence-electron chi connectivity index (χ1n) is 8.26. The van der Waals surface area contributed by atoms with Gasteiger partial charge in [-0.15, -0.1) is 0 Å². The van der Waals surface area contributed by atoms with E-state index in [4.69, 9.17) is 9.72 Å². The standard InChI is InChI=1S/C19H21N3O/c1-14-4-2-5-15(12-14)13-22-18(16-7-10-23-11-8-16)21-17-6-3-9-20-19(17)22/h2-6,9,12,16H,7-8,10-11,13H2,1H3. The van der Waals surface area contributed by atoms with Crippen molar-refractivity contribution in [3.8, 4) is 0 Å². The van der Waals surface area contributed by atoms with E-state index in [-0.39, 0.29) is 0 Å². The summed E-state index contributed by atoms with van der Waals surface area (Å²) in [5.41, 5.74) is 4.55. The van der Waals surface area contributed by atoms with E-state index in [1.165, 1.54) is 11.1 Å². The Morgan fingerprint density at radius 2 is 2.04 bits per heavy atom. The molecular formula is C19H21N3O. The molecule has 1 aliphatic heterocycles. The topological polar surface area (TPSA) is 39.9 Å². The first-order valence-corrected chi connectivity index (χ1v) is 8.26. The van der Waals surface area contributed by atoms with E-state index in [1.54, 1.807) is 0 Å². The van der Waals surface area contributed by atoms with Crippen LogP contribution in [0.4, 0.5) is 0 Å². The predicted molar refractivity (Wildman–Crippen MR) is 90.6 cm³/mol. The van der Waals surface area contributed by atoms with Gasteiger partial charge in [0.15, 0.2) is 5.65 Å². The van der Waals surface area contributed by atoms with Gasteiger partial charge >= 0.3 is 0 Å². The molecule has 23 heavy (non-hydrogen) atoms. The van der Waals surface area contributed by atoms with E-state index < -0.39 is 0 Å². The third kappa shape index (κ3) is 2.86. The Bertz CT molecular complexity index is 818. The van der Waals surface area contributed by atoms with Crippen LogP contribution < -0.4 is 0 Å².